The zero-order chi connectivity index (χ0) is 19.3. The maximum atomic E-state index is 12.0. The van der Waals surface area contributed by atoms with E-state index < -0.39 is 0 Å². The van der Waals surface area contributed by atoms with Gasteiger partial charge in [0.25, 0.3) is 0 Å². The van der Waals surface area contributed by atoms with Crippen LogP contribution in [0, 0.1) is 11.8 Å². The third kappa shape index (κ3) is 4.63. The molecule has 0 spiro atoms. The van der Waals surface area contributed by atoms with Gasteiger partial charge in [-0.2, -0.15) is 4.37 Å². The molecule has 4 rings (SSSR count). The minimum absolute atomic E-state index is 0.264. The lowest BCUT2D eigenvalue weighted by molar-refractivity contribution is -0.127. The van der Waals surface area contributed by atoms with Crippen LogP contribution in [0.25, 0.3) is 0 Å². The monoisotopic (exact) mass is 400 g/mol. The fourth-order valence-corrected chi connectivity index (χ4v) is 4.53. The zero-order valence-electron chi connectivity index (χ0n) is 16.4. The van der Waals surface area contributed by atoms with Crippen LogP contribution in [0.4, 0.5) is 5.13 Å². The van der Waals surface area contributed by atoms with Gasteiger partial charge in [-0.25, -0.2) is 4.98 Å². The Balaban J connectivity index is 1.25. The molecule has 0 bridgehead atoms. The molecule has 6 nitrogen and oxygen atoms in total. The molecule has 1 amide bonds. The summed E-state index contributed by atoms with van der Waals surface area (Å²) in [4.78, 5) is 19.1. The number of piperidine rings is 1. The predicted octanol–water partition coefficient (Wildman–Crippen LogP) is 3.27. The summed E-state index contributed by atoms with van der Waals surface area (Å²) in [6, 6.07) is 8.05. The lowest BCUT2D eigenvalue weighted by Gasteiger charge is -2.32. The largest absolute Gasteiger partial charge is 0.497 e. The first-order valence-corrected chi connectivity index (χ1v) is 11.0. The minimum Gasteiger partial charge on any atom is -0.497 e. The van der Waals surface area contributed by atoms with Crippen LogP contribution in [0.5, 0.6) is 5.75 Å². The van der Waals surface area contributed by atoms with Crippen molar-refractivity contribution in [3.8, 4) is 5.75 Å². The number of carbonyl (C=O) groups excluding carboxylic acids is 1. The molecule has 7 heteroatoms. The second kappa shape index (κ2) is 8.90. The highest BCUT2D eigenvalue weighted by molar-refractivity contribution is 7.09. The van der Waals surface area contributed by atoms with E-state index >= 15 is 0 Å². The molecule has 2 aliphatic rings. The second-order valence-corrected chi connectivity index (χ2v) is 8.56. The third-order valence-electron chi connectivity index (χ3n) is 5.88. The fraction of sp³-hybridized carbons (Fsp3) is 0.571. The molecule has 2 heterocycles. The lowest BCUT2D eigenvalue weighted by atomic mass is 9.84. The van der Waals surface area contributed by atoms with Gasteiger partial charge in [0.05, 0.1) is 7.11 Å². The molecule has 1 aliphatic heterocycles. The highest BCUT2D eigenvalue weighted by Crippen LogP contribution is 2.28. The number of amides is 1. The van der Waals surface area contributed by atoms with Crippen molar-refractivity contribution in [1.29, 1.82) is 0 Å². The zero-order valence-corrected chi connectivity index (χ0v) is 17.2. The molecular formula is C21H28N4O2S. The average molecular weight is 401 g/mol. The van der Waals surface area contributed by atoms with Gasteiger partial charge >= 0.3 is 0 Å². The first-order valence-electron chi connectivity index (χ1n) is 10.2. The fourth-order valence-electron chi connectivity index (χ4n) is 3.80. The van der Waals surface area contributed by atoms with Crippen molar-refractivity contribution in [2.75, 3.05) is 31.6 Å². The quantitative estimate of drug-likeness (QED) is 0.773. The van der Waals surface area contributed by atoms with Crippen molar-refractivity contribution >= 4 is 22.6 Å². The lowest BCUT2D eigenvalue weighted by Crippen LogP contribution is -2.41. The Kier molecular flexibility index (Phi) is 6.10. The van der Waals surface area contributed by atoms with E-state index in [0.717, 1.165) is 74.0 Å². The number of nitrogens with zero attached hydrogens (tertiary/aromatic N) is 3. The average Bonchev–Trinajstić information content (AvgIpc) is 3.14. The van der Waals surface area contributed by atoms with Gasteiger partial charge in [-0.3, -0.25) is 4.79 Å². The van der Waals surface area contributed by atoms with Crippen LogP contribution in [0.3, 0.4) is 0 Å². The first kappa shape index (κ1) is 19.2. The summed E-state index contributed by atoms with van der Waals surface area (Å²) in [6.45, 7) is 2.79. The van der Waals surface area contributed by atoms with E-state index in [-0.39, 0.29) is 11.8 Å². The summed E-state index contributed by atoms with van der Waals surface area (Å²) in [7, 11) is 1.68. The number of hydrogen-bond acceptors (Lipinski definition) is 6. The number of nitrogens with one attached hydrogen (secondary N) is 1. The summed E-state index contributed by atoms with van der Waals surface area (Å²) in [6.07, 6.45) is 6.25. The van der Waals surface area contributed by atoms with E-state index in [1.165, 1.54) is 18.0 Å². The summed E-state index contributed by atoms with van der Waals surface area (Å²) in [5.74, 6) is 2.84. The highest BCUT2D eigenvalue weighted by Gasteiger charge is 2.27. The number of benzene rings is 1. The highest BCUT2D eigenvalue weighted by atomic mass is 32.1. The first-order chi connectivity index (χ1) is 13.7. The smallest absolute Gasteiger partial charge is 0.223 e. The molecule has 1 aromatic heterocycles. The number of rotatable bonds is 7. The van der Waals surface area contributed by atoms with Crippen LogP contribution in [0.2, 0.25) is 0 Å². The Bertz CT molecular complexity index is 797. The molecule has 2 fully saturated rings. The van der Waals surface area contributed by atoms with Gasteiger partial charge in [0.1, 0.15) is 11.6 Å². The van der Waals surface area contributed by atoms with Crippen LogP contribution >= 0.6 is 11.5 Å². The second-order valence-electron chi connectivity index (χ2n) is 7.82. The summed E-state index contributed by atoms with van der Waals surface area (Å²) >= 11 is 1.48. The van der Waals surface area contributed by atoms with E-state index in [2.05, 4.69) is 20.7 Å². The van der Waals surface area contributed by atoms with Crippen LogP contribution in [0.1, 0.15) is 43.5 Å². The molecule has 1 saturated carbocycles. The van der Waals surface area contributed by atoms with Gasteiger partial charge in [-0.05, 0) is 49.3 Å². The summed E-state index contributed by atoms with van der Waals surface area (Å²) in [5.41, 5.74) is 1.16. The van der Waals surface area contributed by atoms with Gasteiger partial charge in [0.15, 0.2) is 0 Å². The number of hydrogen-bond donors (Lipinski definition) is 1. The maximum Gasteiger partial charge on any atom is 0.223 e. The Morgan fingerprint density at radius 3 is 2.82 bits per heavy atom. The van der Waals surface area contributed by atoms with E-state index in [9.17, 15) is 4.79 Å². The molecule has 2 aromatic rings. The Hall–Kier alpha value is -2.15. The molecule has 1 N–H and O–H groups in total. The van der Waals surface area contributed by atoms with Gasteiger partial charge < -0.3 is 15.0 Å². The van der Waals surface area contributed by atoms with Gasteiger partial charge in [0, 0.05) is 43.5 Å². The van der Waals surface area contributed by atoms with Gasteiger partial charge in [-0.15, -0.1) is 0 Å². The van der Waals surface area contributed by atoms with Crippen LogP contribution in [0.15, 0.2) is 24.3 Å². The normalized spacial score (nSPS) is 18.0. The SMILES string of the molecule is COc1cccc(Cc2nsc(N3CCC(CNC(=O)C4CCC4)CC3)n2)c1. The Morgan fingerprint density at radius 2 is 2.11 bits per heavy atom. The van der Waals surface area contributed by atoms with Crippen molar-refractivity contribution in [2.24, 2.45) is 11.8 Å². The topological polar surface area (TPSA) is 67.3 Å². The van der Waals surface area contributed by atoms with Crippen LogP contribution in [-0.4, -0.2) is 42.0 Å². The standard InChI is InChI=1S/C21H28N4O2S/c1-27-18-7-2-4-16(12-18)13-19-23-21(28-24-19)25-10-8-15(9-11-25)14-22-20(26)17-5-3-6-17/h2,4,7,12,15,17H,3,5-6,8-11,13-14H2,1H3,(H,22,26). The molecule has 1 aliphatic carbocycles. The molecule has 1 aromatic carbocycles. The molecule has 28 heavy (non-hydrogen) atoms. The van der Waals surface area contributed by atoms with E-state index in [0.29, 0.717) is 5.92 Å². The molecule has 1 saturated heterocycles. The van der Waals surface area contributed by atoms with Gasteiger partial charge in [0.2, 0.25) is 11.0 Å². The van der Waals surface area contributed by atoms with E-state index in [4.69, 9.17) is 9.72 Å². The minimum atomic E-state index is 0.264. The number of ether oxygens (including phenoxy) is 1. The van der Waals surface area contributed by atoms with E-state index in [1.807, 2.05) is 18.2 Å². The number of methoxy groups -OCH3 is 1. The van der Waals surface area contributed by atoms with E-state index in [1.54, 1.807) is 7.11 Å². The predicted molar refractivity (Wildman–Crippen MR) is 111 cm³/mol. The number of aromatic nitrogens is 2. The van der Waals surface area contributed by atoms with Crippen molar-refractivity contribution in [3.63, 3.8) is 0 Å². The molecular weight excluding hydrogens is 372 g/mol. The number of carbonyl (C=O) groups is 1. The van der Waals surface area contributed by atoms with Crippen molar-refractivity contribution < 1.29 is 9.53 Å². The molecule has 150 valence electrons. The Morgan fingerprint density at radius 1 is 1.29 bits per heavy atom. The maximum absolute atomic E-state index is 12.0. The van der Waals surface area contributed by atoms with Crippen LogP contribution in [-0.2, 0) is 11.2 Å². The summed E-state index contributed by atoms with van der Waals surface area (Å²) < 4.78 is 9.83. The number of anilines is 1. The van der Waals surface area contributed by atoms with Gasteiger partial charge in [-0.1, -0.05) is 18.6 Å². The molecule has 0 atom stereocenters. The van der Waals surface area contributed by atoms with Crippen molar-refractivity contribution in [2.45, 2.75) is 38.5 Å². The third-order valence-corrected chi connectivity index (χ3v) is 6.69. The van der Waals surface area contributed by atoms with Crippen molar-refractivity contribution in [3.05, 3.63) is 35.7 Å². The van der Waals surface area contributed by atoms with Crippen molar-refractivity contribution in [1.82, 2.24) is 14.7 Å². The molecule has 0 radical (unpaired) electrons. The summed E-state index contributed by atoms with van der Waals surface area (Å²) in [5, 5.41) is 4.17. The Labute approximate surface area is 170 Å². The van der Waals surface area contributed by atoms with Crippen LogP contribution < -0.4 is 15.0 Å². The molecule has 0 unspecified atom stereocenters.